The number of esters is 2. The molecule has 2 rings (SSSR count). The van der Waals surface area contributed by atoms with Crippen LogP contribution in [0, 0.1) is 5.92 Å². The first-order valence-corrected chi connectivity index (χ1v) is 8.75. The Balaban J connectivity index is 2.34. The highest BCUT2D eigenvalue weighted by atomic mass is 16.6. The Kier molecular flexibility index (Phi) is 5.40. The minimum Gasteiger partial charge on any atom is -0.457 e. The molecule has 0 saturated carbocycles. The summed E-state index contributed by atoms with van der Waals surface area (Å²) in [6.45, 7) is 11.5. The molecule has 1 aromatic carbocycles. The summed E-state index contributed by atoms with van der Waals surface area (Å²) in [5.74, 6) is 0.315. The molecule has 0 aliphatic carbocycles. The van der Waals surface area contributed by atoms with Gasteiger partial charge >= 0.3 is 11.9 Å². The van der Waals surface area contributed by atoms with E-state index in [2.05, 4.69) is 13.8 Å². The molecule has 0 fully saturated rings. The van der Waals surface area contributed by atoms with Crippen LogP contribution < -0.4 is 4.74 Å². The molecular weight excluding hydrogens is 316 g/mol. The van der Waals surface area contributed by atoms with Crippen molar-refractivity contribution in [2.75, 3.05) is 0 Å². The van der Waals surface area contributed by atoms with Crippen LogP contribution in [0.25, 0.3) is 0 Å². The molecule has 0 amide bonds. The van der Waals surface area contributed by atoms with E-state index in [1.54, 1.807) is 0 Å². The third-order valence-corrected chi connectivity index (χ3v) is 4.10. The zero-order valence-electron chi connectivity index (χ0n) is 16.0. The van der Waals surface area contributed by atoms with Crippen molar-refractivity contribution >= 4 is 11.9 Å². The molecule has 0 saturated heterocycles. The lowest BCUT2D eigenvalue weighted by atomic mass is 9.71. The zero-order chi connectivity index (χ0) is 18.8. The molecular formula is C21H28O4. The molecule has 1 aliphatic rings. The third kappa shape index (κ3) is 4.50. The van der Waals surface area contributed by atoms with Gasteiger partial charge in [-0.05, 0) is 52.5 Å². The van der Waals surface area contributed by atoms with Crippen molar-refractivity contribution in [1.29, 1.82) is 0 Å². The molecule has 0 aromatic heterocycles. The number of ether oxygens (including phenoxy) is 2. The fourth-order valence-corrected chi connectivity index (χ4v) is 3.45. The molecule has 1 aromatic rings. The fourth-order valence-electron chi connectivity index (χ4n) is 3.45. The van der Waals surface area contributed by atoms with Crippen LogP contribution in [0.15, 0.2) is 35.9 Å². The van der Waals surface area contributed by atoms with Gasteiger partial charge in [0, 0.05) is 11.6 Å². The third-order valence-electron chi connectivity index (χ3n) is 4.10. The number of rotatable bonds is 5. The van der Waals surface area contributed by atoms with Crippen LogP contribution >= 0.6 is 0 Å². The Morgan fingerprint density at radius 3 is 2.52 bits per heavy atom. The summed E-state index contributed by atoms with van der Waals surface area (Å²) in [5, 5.41) is 0. The molecule has 0 bridgehead atoms. The van der Waals surface area contributed by atoms with Gasteiger partial charge in [-0.25, -0.2) is 4.79 Å². The summed E-state index contributed by atoms with van der Waals surface area (Å²) < 4.78 is 10.9. The maximum atomic E-state index is 12.8. The average molecular weight is 344 g/mol. The van der Waals surface area contributed by atoms with Crippen molar-refractivity contribution in [2.45, 2.75) is 65.4 Å². The quantitative estimate of drug-likeness (QED) is 0.446. The number of benzene rings is 1. The molecule has 1 heterocycles. The predicted octanol–water partition coefficient (Wildman–Crippen LogP) is 4.57. The molecule has 4 nitrogen and oxygen atoms in total. The second kappa shape index (κ2) is 7.03. The average Bonchev–Trinajstić information content (AvgIpc) is 2.68. The molecule has 1 aliphatic heterocycles. The van der Waals surface area contributed by atoms with Gasteiger partial charge < -0.3 is 9.47 Å². The molecule has 0 unspecified atom stereocenters. The summed E-state index contributed by atoms with van der Waals surface area (Å²) in [6, 6.07) is 7.55. The van der Waals surface area contributed by atoms with E-state index >= 15 is 0 Å². The fraction of sp³-hybridized carbons (Fsp3) is 0.524. The highest BCUT2D eigenvalue weighted by molar-refractivity contribution is 5.91. The Morgan fingerprint density at radius 2 is 1.92 bits per heavy atom. The van der Waals surface area contributed by atoms with Gasteiger partial charge in [-0.15, -0.1) is 0 Å². The van der Waals surface area contributed by atoms with Crippen LogP contribution in [-0.2, 0) is 19.7 Å². The topological polar surface area (TPSA) is 52.6 Å². The second-order valence-electron chi connectivity index (χ2n) is 8.27. The number of carbonyl (C=O) groups excluding carboxylic acids is 2. The number of allylic oxidation sites excluding steroid dienone is 1. The minimum absolute atomic E-state index is 0.237. The van der Waals surface area contributed by atoms with Crippen molar-refractivity contribution in [1.82, 2.24) is 0 Å². The van der Waals surface area contributed by atoms with E-state index in [4.69, 9.17) is 9.47 Å². The van der Waals surface area contributed by atoms with Gasteiger partial charge in [-0.2, -0.15) is 0 Å². The Morgan fingerprint density at radius 1 is 1.28 bits per heavy atom. The first-order valence-electron chi connectivity index (χ1n) is 8.75. The molecule has 136 valence electrons. The van der Waals surface area contributed by atoms with E-state index in [0.29, 0.717) is 24.5 Å². The first-order chi connectivity index (χ1) is 11.5. The number of hydrogen-bond acceptors (Lipinski definition) is 4. The lowest BCUT2D eigenvalue weighted by Gasteiger charge is -2.28. The minimum atomic E-state index is -0.743. The Labute approximate surface area is 150 Å². The van der Waals surface area contributed by atoms with Gasteiger partial charge in [0.05, 0.1) is 0 Å². The zero-order valence-corrected chi connectivity index (χ0v) is 16.0. The summed E-state index contributed by atoms with van der Waals surface area (Å²) in [6.07, 6.45) is 2.60. The van der Waals surface area contributed by atoms with E-state index in [1.807, 2.05) is 52.0 Å². The van der Waals surface area contributed by atoms with Gasteiger partial charge in [0.2, 0.25) is 0 Å². The van der Waals surface area contributed by atoms with Crippen LogP contribution in [0.5, 0.6) is 5.75 Å². The second-order valence-corrected chi connectivity index (χ2v) is 8.27. The van der Waals surface area contributed by atoms with Crippen LogP contribution in [0.2, 0.25) is 0 Å². The first kappa shape index (κ1) is 19.2. The van der Waals surface area contributed by atoms with Gasteiger partial charge in [0.15, 0.2) is 0 Å². The van der Waals surface area contributed by atoms with Gasteiger partial charge in [0.1, 0.15) is 16.8 Å². The van der Waals surface area contributed by atoms with Crippen molar-refractivity contribution in [3.05, 3.63) is 41.5 Å². The lowest BCUT2D eigenvalue weighted by molar-refractivity contribution is -0.148. The SMILES string of the molecule is C/C(=C\C(=O)OC(C)(C)C)C[C@@]1(CC(C)C)C(=O)Oc2ccccc21. The maximum Gasteiger partial charge on any atom is 0.331 e. The Bertz CT molecular complexity index is 694. The smallest absolute Gasteiger partial charge is 0.331 e. The summed E-state index contributed by atoms with van der Waals surface area (Å²) >= 11 is 0. The Hall–Kier alpha value is -2.10. The maximum absolute atomic E-state index is 12.8. The van der Waals surface area contributed by atoms with E-state index in [-0.39, 0.29) is 11.9 Å². The van der Waals surface area contributed by atoms with Gasteiger partial charge in [-0.3, -0.25) is 4.79 Å². The number of para-hydroxylation sites is 1. The number of fused-ring (bicyclic) bond motifs is 1. The van der Waals surface area contributed by atoms with E-state index < -0.39 is 11.0 Å². The highest BCUT2D eigenvalue weighted by Gasteiger charge is 2.49. The van der Waals surface area contributed by atoms with E-state index in [1.165, 1.54) is 6.08 Å². The molecule has 0 radical (unpaired) electrons. The normalized spacial score (nSPS) is 20.4. The molecule has 25 heavy (non-hydrogen) atoms. The summed E-state index contributed by atoms with van der Waals surface area (Å²) in [4.78, 5) is 24.9. The number of carbonyl (C=O) groups is 2. The molecule has 0 N–H and O–H groups in total. The van der Waals surface area contributed by atoms with Crippen LogP contribution in [0.4, 0.5) is 0 Å². The summed E-state index contributed by atoms with van der Waals surface area (Å²) in [7, 11) is 0. The standard InChI is InChI=1S/C21H28O4/c1-14(2)12-21(13-15(3)11-18(22)25-20(4,5)6)16-9-7-8-10-17(16)24-19(21)23/h7-11,14H,12-13H2,1-6H3/b15-11+/t21-/m1/s1. The molecule has 4 heteroatoms. The highest BCUT2D eigenvalue weighted by Crippen LogP contribution is 2.47. The number of hydrogen-bond donors (Lipinski definition) is 0. The molecule has 0 spiro atoms. The molecule has 1 atom stereocenters. The van der Waals surface area contributed by atoms with Crippen LogP contribution in [0.1, 0.15) is 59.9 Å². The largest absolute Gasteiger partial charge is 0.457 e. The van der Waals surface area contributed by atoms with Crippen molar-refractivity contribution in [3.8, 4) is 5.75 Å². The predicted molar refractivity (Wildman–Crippen MR) is 97.4 cm³/mol. The van der Waals surface area contributed by atoms with Crippen LogP contribution in [-0.4, -0.2) is 17.5 Å². The lowest BCUT2D eigenvalue weighted by Crippen LogP contribution is -2.35. The van der Waals surface area contributed by atoms with Gasteiger partial charge in [0.25, 0.3) is 0 Å². The van der Waals surface area contributed by atoms with Crippen LogP contribution in [0.3, 0.4) is 0 Å². The van der Waals surface area contributed by atoms with E-state index in [0.717, 1.165) is 11.1 Å². The van der Waals surface area contributed by atoms with E-state index in [9.17, 15) is 9.59 Å². The van der Waals surface area contributed by atoms with Crippen molar-refractivity contribution in [3.63, 3.8) is 0 Å². The summed E-state index contributed by atoms with van der Waals surface area (Å²) in [5.41, 5.74) is 0.435. The van der Waals surface area contributed by atoms with Crippen molar-refractivity contribution in [2.24, 2.45) is 5.92 Å². The monoisotopic (exact) mass is 344 g/mol. The van der Waals surface area contributed by atoms with Gasteiger partial charge in [-0.1, -0.05) is 37.6 Å². The van der Waals surface area contributed by atoms with Crippen molar-refractivity contribution < 1.29 is 19.1 Å².